The van der Waals surface area contributed by atoms with E-state index in [0.717, 1.165) is 18.1 Å². The number of nitrogens with zero attached hydrogens (tertiary/aromatic N) is 1. The van der Waals surface area contributed by atoms with E-state index in [1.807, 2.05) is 23.8 Å². The molecule has 96 valence electrons. The highest BCUT2D eigenvalue weighted by molar-refractivity contribution is 7.07. The molecule has 3 N–H and O–H groups in total. The van der Waals surface area contributed by atoms with Crippen LogP contribution in [0, 0.1) is 11.6 Å². The van der Waals surface area contributed by atoms with Crippen molar-refractivity contribution in [2.45, 2.75) is 19.4 Å². The standard InChI is InChI=1S/C12H13F2N3S/c1-7(4-8-2-3-18-6-8)16-12-10(14)5-9(13)11(15)17-12/h2-3,5-7H,4H2,1H3,(H3,15,16,17). The number of rotatable bonds is 4. The summed E-state index contributed by atoms with van der Waals surface area (Å²) in [6.07, 6.45) is 0.738. The lowest BCUT2D eigenvalue weighted by atomic mass is 10.1. The van der Waals surface area contributed by atoms with E-state index in [9.17, 15) is 8.78 Å². The zero-order valence-electron chi connectivity index (χ0n) is 9.78. The molecule has 0 aliphatic heterocycles. The first-order chi connectivity index (χ1) is 8.56. The molecule has 0 radical (unpaired) electrons. The first-order valence-electron chi connectivity index (χ1n) is 5.45. The van der Waals surface area contributed by atoms with Gasteiger partial charge in [0.25, 0.3) is 0 Å². The summed E-state index contributed by atoms with van der Waals surface area (Å²) in [6.45, 7) is 1.90. The van der Waals surface area contributed by atoms with E-state index in [1.165, 1.54) is 0 Å². The van der Waals surface area contributed by atoms with E-state index < -0.39 is 11.6 Å². The van der Waals surface area contributed by atoms with E-state index in [1.54, 1.807) is 11.3 Å². The smallest absolute Gasteiger partial charge is 0.168 e. The van der Waals surface area contributed by atoms with Crippen LogP contribution in [-0.2, 0) is 6.42 Å². The molecule has 0 aliphatic carbocycles. The van der Waals surface area contributed by atoms with Crippen LogP contribution in [0.4, 0.5) is 20.4 Å². The van der Waals surface area contributed by atoms with Crippen molar-refractivity contribution in [2.75, 3.05) is 11.1 Å². The van der Waals surface area contributed by atoms with Gasteiger partial charge in [0.1, 0.15) is 0 Å². The molecule has 0 aromatic carbocycles. The molecule has 0 aliphatic rings. The molecule has 2 rings (SSSR count). The van der Waals surface area contributed by atoms with Crippen molar-refractivity contribution in [2.24, 2.45) is 0 Å². The van der Waals surface area contributed by atoms with E-state index >= 15 is 0 Å². The van der Waals surface area contributed by atoms with Crippen LogP contribution < -0.4 is 11.1 Å². The topological polar surface area (TPSA) is 50.9 Å². The highest BCUT2D eigenvalue weighted by Crippen LogP contribution is 2.18. The number of anilines is 2. The molecule has 0 bridgehead atoms. The van der Waals surface area contributed by atoms with Gasteiger partial charge in [-0.3, -0.25) is 0 Å². The lowest BCUT2D eigenvalue weighted by Crippen LogP contribution is -2.20. The summed E-state index contributed by atoms with van der Waals surface area (Å²) in [4.78, 5) is 3.66. The van der Waals surface area contributed by atoms with Crippen LogP contribution in [0.25, 0.3) is 0 Å². The number of hydrogen-bond acceptors (Lipinski definition) is 4. The molecule has 0 spiro atoms. The minimum absolute atomic E-state index is 0.0170. The average molecular weight is 269 g/mol. The second-order valence-corrected chi connectivity index (χ2v) is 4.85. The lowest BCUT2D eigenvalue weighted by Gasteiger charge is -2.14. The third-order valence-corrected chi connectivity index (χ3v) is 3.19. The van der Waals surface area contributed by atoms with Crippen LogP contribution in [0.2, 0.25) is 0 Å². The van der Waals surface area contributed by atoms with Crippen LogP contribution in [0.1, 0.15) is 12.5 Å². The fraction of sp³-hybridized carbons (Fsp3) is 0.250. The normalized spacial score (nSPS) is 12.4. The zero-order chi connectivity index (χ0) is 13.1. The molecule has 2 heterocycles. The molecule has 0 saturated carbocycles. The number of aromatic nitrogens is 1. The number of halogens is 2. The summed E-state index contributed by atoms with van der Waals surface area (Å²) in [6, 6.07) is 2.72. The maximum atomic E-state index is 13.5. The Morgan fingerprint density at radius 3 is 2.89 bits per heavy atom. The number of thiophene rings is 1. The Labute approximate surface area is 108 Å². The van der Waals surface area contributed by atoms with Gasteiger partial charge in [-0.05, 0) is 35.7 Å². The second kappa shape index (κ2) is 5.30. The number of hydrogen-bond donors (Lipinski definition) is 2. The molecular formula is C12H13F2N3S. The first-order valence-corrected chi connectivity index (χ1v) is 6.39. The summed E-state index contributed by atoms with van der Waals surface area (Å²) >= 11 is 1.61. The molecule has 1 unspecified atom stereocenters. The SMILES string of the molecule is CC(Cc1ccsc1)Nc1nc(N)c(F)cc1F. The molecule has 3 nitrogen and oxygen atoms in total. The summed E-state index contributed by atoms with van der Waals surface area (Å²) in [5.74, 6) is -1.90. The van der Waals surface area contributed by atoms with Crippen molar-refractivity contribution in [1.82, 2.24) is 4.98 Å². The summed E-state index contributed by atoms with van der Waals surface area (Å²) in [5.41, 5.74) is 6.47. The van der Waals surface area contributed by atoms with Gasteiger partial charge in [-0.2, -0.15) is 11.3 Å². The summed E-state index contributed by atoms with van der Waals surface area (Å²) < 4.78 is 26.4. The molecule has 6 heteroatoms. The minimum Gasteiger partial charge on any atom is -0.381 e. The van der Waals surface area contributed by atoms with Gasteiger partial charge in [0.05, 0.1) is 0 Å². The molecule has 0 amide bonds. The second-order valence-electron chi connectivity index (χ2n) is 4.07. The van der Waals surface area contributed by atoms with Gasteiger partial charge in [0.2, 0.25) is 0 Å². The van der Waals surface area contributed by atoms with E-state index in [2.05, 4.69) is 10.3 Å². The van der Waals surface area contributed by atoms with Gasteiger partial charge in [-0.25, -0.2) is 13.8 Å². The summed E-state index contributed by atoms with van der Waals surface area (Å²) in [5, 5.41) is 6.90. The minimum atomic E-state index is -0.844. The Hall–Kier alpha value is -1.69. The lowest BCUT2D eigenvalue weighted by molar-refractivity contribution is 0.577. The van der Waals surface area contributed by atoms with Crippen LogP contribution >= 0.6 is 11.3 Å². The largest absolute Gasteiger partial charge is 0.381 e. The number of nitrogens with one attached hydrogen (secondary N) is 1. The predicted octanol–water partition coefficient (Wildman–Crippen LogP) is 3.05. The van der Waals surface area contributed by atoms with Crippen molar-refractivity contribution in [1.29, 1.82) is 0 Å². The average Bonchev–Trinajstić information content (AvgIpc) is 2.78. The first kappa shape index (κ1) is 12.8. The Balaban J connectivity index is 2.07. The number of nitrogen functional groups attached to an aromatic ring is 1. The third-order valence-electron chi connectivity index (χ3n) is 2.46. The molecule has 0 fully saturated rings. The Morgan fingerprint density at radius 1 is 1.44 bits per heavy atom. The Bertz CT molecular complexity index is 528. The maximum absolute atomic E-state index is 13.5. The van der Waals surface area contributed by atoms with Gasteiger partial charge >= 0.3 is 0 Å². The predicted molar refractivity (Wildman–Crippen MR) is 69.7 cm³/mol. The monoisotopic (exact) mass is 269 g/mol. The van der Waals surface area contributed by atoms with E-state index in [0.29, 0.717) is 0 Å². The van der Waals surface area contributed by atoms with Gasteiger partial charge in [-0.1, -0.05) is 0 Å². The third kappa shape index (κ3) is 2.95. The molecule has 2 aromatic rings. The molecule has 1 atom stereocenters. The fourth-order valence-corrected chi connectivity index (χ4v) is 2.31. The maximum Gasteiger partial charge on any atom is 0.168 e. The van der Waals surface area contributed by atoms with Crippen LogP contribution in [0.5, 0.6) is 0 Å². The van der Waals surface area contributed by atoms with Crippen molar-refractivity contribution >= 4 is 23.0 Å². The molecule has 18 heavy (non-hydrogen) atoms. The van der Waals surface area contributed by atoms with Crippen molar-refractivity contribution in [3.8, 4) is 0 Å². The zero-order valence-corrected chi connectivity index (χ0v) is 10.6. The highest BCUT2D eigenvalue weighted by Gasteiger charge is 2.12. The van der Waals surface area contributed by atoms with Gasteiger partial charge in [-0.15, -0.1) is 0 Å². The molecular weight excluding hydrogens is 256 g/mol. The quantitative estimate of drug-likeness (QED) is 0.897. The Morgan fingerprint density at radius 2 is 2.22 bits per heavy atom. The fourth-order valence-electron chi connectivity index (χ4n) is 1.63. The van der Waals surface area contributed by atoms with Gasteiger partial charge in [0.15, 0.2) is 23.3 Å². The number of pyridine rings is 1. The van der Waals surface area contributed by atoms with Crippen molar-refractivity contribution in [3.05, 3.63) is 40.1 Å². The van der Waals surface area contributed by atoms with Crippen molar-refractivity contribution < 1.29 is 8.78 Å². The van der Waals surface area contributed by atoms with Crippen LogP contribution in [-0.4, -0.2) is 11.0 Å². The van der Waals surface area contributed by atoms with E-state index in [4.69, 9.17) is 5.73 Å². The van der Waals surface area contributed by atoms with Crippen LogP contribution in [0.3, 0.4) is 0 Å². The molecule has 2 aromatic heterocycles. The van der Waals surface area contributed by atoms with E-state index in [-0.39, 0.29) is 17.7 Å². The highest BCUT2D eigenvalue weighted by atomic mass is 32.1. The number of nitrogens with two attached hydrogens (primary N) is 1. The Kier molecular flexibility index (Phi) is 3.76. The molecule has 0 saturated heterocycles. The van der Waals surface area contributed by atoms with Gasteiger partial charge < -0.3 is 11.1 Å². The van der Waals surface area contributed by atoms with Gasteiger partial charge in [0, 0.05) is 12.1 Å². The summed E-state index contributed by atoms with van der Waals surface area (Å²) in [7, 11) is 0. The van der Waals surface area contributed by atoms with Crippen molar-refractivity contribution in [3.63, 3.8) is 0 Å². The van der Waals surface area contributed by atoms with Crippen LogP contribution in [0.15, 0.2) is 22.9 Å².